The lowest BCUT2D eigenvalue weighted by molar-refractivity contribution is 0.199. The van der Waals surface area contributed by atoms with E-state index >= 15 is 0 Å². The zero-order chi connectivity index (χ0) is 9.14. The molecule has 0 aliphatic rings. The molecule has 0 amide bonds. The molecule has 1 aromatic rings. The average Bonchev–Trinajstić information content (AvgIpc) is 2.04. The summed E-state index contributed by atoms with van der Waals surface area (Å²) in [5, 5.41) is 9.23. The fourth-order valence-electron chi connectivity index (χ4n) is 0.953. The van der Waals surface area contributed by atoms with Crippen LogP contribution in [0.4, 0.5) is 0 Å². The molecule has 0 bridgehead atoms. The predicted octanol–water partition coefficient (Wildman–Crippen LogP) is 1.48. The molecule has 1 aromatic carbocycles. The van der Waals surface area contributed by atoms with Crippen LogP contribution in [0.25, 0.3) is 0 Å². The molecule has 0 aliphatic carbocycles. The molecule has 0 spiro atoms. The largest absolute Gasteiger partial charge is 0.389 e. The Morgan fingerprint density at radius 2 is 2.17 bits per heavy atom. The van der Waals surface area contributed by atoms with Crippen LogP contribution in [0, 0.1) is 0 Å². The predicted molar refractivity (Wildman–Crippen MR) is 49.4 cm³/mol. The second-order valence-corrected chi connectivity index (χ2v) is 4.08. The van der Waals surface area contributed by atoms with Gasteiger partial charge in [0.2, 0.25) is 0 Å². The van der Waals surface area contributed by atoms with Crippen molar-refractivity contribution in [3.63, 3.8) is 0 Å². The number of hydrogen-bond donors (Lipinski definition) is 1. The first kappa shape index (κ1) is 9.42. The highest BCUT2D eigenvalue weighted by Gasteiger charge is 2.02. The van der Waals surface area contributed by atoms with Crippen LogP contribution in [0.2, 0.25) is 0 Å². The van der Waals surface area contributed by atoms with Crippen molar-refractivity contribution >= 4 is 10.8 Å². The van der Waals surface area contributed by atoms with Crippen LogP contribution in [0.5, 0.6) is 0 Å². The summed E-state index contributed by atoms with van der Waals surface area (Å²) in [6.45, 7) is 1.69. The SMILES string of the molecule is CC(O)c1cccc(S(C)=O)c1. The first-order chi connectivity index (χ1) is 5.61. The van der Waals surface area contributed by atoms with Gasteiger partial charge in [-0.25, -0.2) is 0 Å². The maximum Gasteiger partial charge on any atom is 0.0762 e. The number of aliphatic hydroxyl groups excluding tert-OH is 1. The van der Waals surface area contributed by atoms with Gasteiger partial charge in [-0.3, -0.25) is 4.21 Å². The topological polar surface area (TPSA) is 37.3 Å². The van der Waals surface area contributed by atoms with Gasteiger partial charge in [-0.05, 0) is 24.6 Å². The van der Waals surface area contributed by atoms with Gasteiger partial charge in [0.05, 0.1) is 6.10 Å². The van der Waals surface area contributed by atoms with Gasteiger partial charge in [0.1, 0.15) is 0 Å². The van der Waals surface area contributed by atoms with Gasteiger partial charge in [0.25, 0.3) is 0 Å². The van der Waals surface area contributed by atoms with Crippen molar-refractivity contribution in [1.82, 2.24) is 0 Å². The molecule has 1 rings (SSSR count). The summed E-state index contributed by atoms with van der Waals surface area (Å²) in [6.07, 6.45) is 1.13. The minimum absolute atomic E-state index is 0.492. The number of aliphatic hydroxyl groups is 1. The van der Waals surface area contributed by atoms with Crippen molar-refractivity contribution in [2.24, 2.45) is 0 Å². The Bertz CT molecular complexity index is 294. The molecule has 2 nitrogen and oxygen atoms in total. The van der Waals surface area contributed by atoms with Crippen molar-refractivity contribution in [3.05, 3.63) is 29.8 Å². The molecule has 0 radical (unpaired) electrons. The van der Waals surface area contributed by atoms with E-state index in [9.17, 15) is 9.32 Å². The van der Waals surface area contributed by atoms with E-state index in [4.69, 9.17) is 0 Å². The summed E-state index contributed by atoms with van der Waals surface area (Å²) in [5.41, 5.74) is 0.808. The summed E-state index contributed by atoms with van der Waals surface area (Å²) in [6, 6.07) is 7.18. The van der Waals surface area contributed by atoms with Gasteiger partial charge in [0, 0.05) is 22.0 Å². The summed E-state index contributed by atoms with van der Waals surface area (Å²) < 4.78 is 11.0. The minimum Gasteiger partial charge on any atom is -0.389 e. The molecule has 2 atom stereocenters. The van der Waals surface area contributed by atoms with E-state index in [2.05, 4.69) is 0 Å². The standard InChI is InChI=1S/C9H12O2S/c1-7(10)8-4-3-5-9(6-8)12(2)11/h3-7,10H,1-2H3. The Labute approximate surface area is 74.7 Å². The maximum absolute atomic E-state index is 11.0. The van der Waals surface area contributed by atoms with E-state index in [1.807, 2.05) is 6.07 Å². The maximum atomic E-state index is 11.0. The lowest BCUT2D eigenvalue weighted by Gasteiger charge is -2.05. The fraction of sp³-hybridized carbons (Fsp3) is 0.333. The zero-order valence-electron chi connectivity index (χ0n) is 7.15. The Morgan fingerprint density at radius 1 is 1.50 bits per heavy atom. The van der Waals surface area contributed by atoms with E-state index in [0.29, 0.717) is 0 Å². The molecule has 1 N–H and O–H groups in total. The van der Waals surface area contributed by atoms with E-state index in [1.54, 1.807) is 31.4 Å². The fourth-order valence-corrected chi connectivity index (χ4v) is 1.53. The normalized spacial score (nSPS) is 15.6. The highest BCUT2D eigenvalue weighted by atomic mass is 32.2. The molecule has 2 unspecified atom stereocenters. The lowest BCUT2D eigenvalue weighted by atomic mass is 10.1. The molecular weight excluding hydrogens is 172 g/mol. The highest BCUT2D eigenvalue weighted by molar-refractivity contribution is 7.84. The van der Waals surface area contributed by atoms with Gasteiger partial charge >= 0.3 is 0 Å². The third-order valence-electron chi connectivity index (χ3n) is 1.67. The summed E-state index contributed by atoms with van der Waals surface area (Å²) >= 11 is 0. The van der Waals surface area contributed by atoms with E-state index in [0.717, 1.165) is 10.5 Å². The van der Waals surface area contributed by atoms with E-state index in [1.165, 1.54) is 0 Å². The van der Waals surface area contributed by atoms with E-state index in [-0.39, 0.29) is 0 Å². The van der Waals surface area contributed by atoms with Crippen LogP contribution < -0.4 is 0 Å². The molecule has 0 aliphatic heterocycles. The van der Waals surface area contributed by atoms with Crippen molar-refractivity contribution in [2.75, 3.05) is 6.26 Å². The van der Waals surface area contributed by atoms with Crippen molar-refractivity contribution in [1.29, 1.82) is 0 Å². The van der Waals surface area contributed by atoms with Crippen molar-refractivity contribution in [3.8, 4) is 0 Å². The molecule has 66 valence electrons. The van der Waals surface area contributed by atoms with Gasteiger partial charge < -0.3 is 5.11 Å². The third-order valence-corrected chi connectivity index (χ3v) is 2.59. The van der Waals surface area contributed by atoms with Crippen LogP contribution in [0.1, 0.15) is 18.6 Å². The quantitative estimate of drug-likeness (QED) is 0.756. The van der Waals surface area contributed by atoms with Crippen LogP contribution in [-0.2, 0) is 10.8 Å². The number of rotatable bonds is 2. The van der Waals surface area contributed by atoms with Crippen molar-refractivity contribution < 1.29 is 9.32 Å². The highest BCUT2D eigenvalue weighted by Crippen LogP contribution is 2.15. The van der Waals surface area contributed by atoms with Crippen LogP contribution >= 0.6 is 0 Å². The second-order valence-electron chi connectivity index (χ2n) is 2.70. The Hall–Kier alpha value is -0.670. The first-order valence-electron chi connectivity index (χ1n) is 3.72. The molecule has 0 aromatic heterocycles. The molecular formula is C9H12O2S. The number of hydrogen-bond acceptors (Lipinski definition) is 2. The molecule has 3 heteroatoms. The minimum atomic E-state index is -0.967. The molecule has 0 heterocycles. The van der Waals surface area contributed by atoms with Crippen LogP contribution in [0.15, 0.2) is 29.2 Å². The van der Waals surface area contributed by atoms with Gasteiger partial charge in [-0.2, -0.15) is 0 Å². The van der Waals surface area contributed by atoms with Crippen LogP contribution in [0.3, 0.4) is 0 Å². The summed E-state index contributed by atoms with van der Waals surface area (Å²) in [7, 11) is -0.967. The number of benzene rings is 1. The Morgan fingerprint density at radius 3 is 2.67 bits per heavy atom. The smallest absolute Gasteiger partial charge is 0.0762 e. The third kappa shape index (κ3) is 2.16. The zero-order valence-corrected chi connectivity index (χ0v) is 7.97. The van der Waals surface area contributed by atoms with E-state index < -0.39 is 16.9 Å². The Kier molecular flexibility index (Phi) is 3.00. The molecule has 12 heavy (non-hydrogen) atoms. The average molecular weight is 184 g/mol. The molecule has 0 saturated heterocycles. The lowest BCUT2D eigenvalue weighted by Crippen LogP contribution is -1.93. The van der Waals surface area contributed by atoms with Crippen LogP contribution in [-0.4, -0.2) is 15.6 Å². The van der Waals surface area contributed by atoms with Gasteiger partial charge in [0.15, 0.2) is 0 Å². The second kappa shape index (κ2) is 3.83. The summed E-state index contributed by atoms with van der Waals surface area (Å²) in [5.74, 6) is 0. The first-order valence-corrected chi connectivity index (χ1v) is 5.28. The van der Waals surface area contributed by atoms with Gasteiger partial charge in [-0.15, -0.1) is 0 Å². The van der Waals surface area contributed by atoms with Gasteiger partial charge in [-0.1, -0.05) is 12.1 Å². The summed E-state index contributed by atoms with van der Waals surface area (Å²) in [4.78, 5) is 0.758. The monoisotopic (exact) mass is 184 g/mol. The molecule has 0 saturated carbocycles. The Balaban J connectivity index is 3.04. The molecule has 0 fully saturated rings. The van der Waals surface area contributed by atoms with Crippen molar-refractivity contribution in [2.45, 2.75) is 17.9 Å².